The van der Waals surface area contributed by atoms with Crippen LogP contribution in [0.15, 0.2) is 6.07 Å². The summed E-state index contributed by atoms with van der Waals surface area (Å²) in [6, 6.07) is 1.11. The Kier molecular flexibility index (Phi) is 2.08. The summed E-state index contributed by atoms with van der Waals surface area (Å²) in [5, 5.41) is -0.816. The van der Waals surface area contributed by atoms with E-state index in [0.717, 1.165) is 17.4 Å². The zero-order chi connectivity index (χ0) is 8.55. The monoisotopic (exact) mass is 192 g/mol. The minimum absolute atomic E-state index is 0.447. The SMILES string of the molecule is Fc1cc(C2OCCO2)sc1F. The van der Waals surface area contributed by atoms with E-state index in [9.17, 15) is 8.78 Å². The molecule has 0 bridgehead atoms. The smallest absolute Gasteiger partial charge is 0.212 e. The highest BCUT2D eigenvalue weighted by atomic mass is 32.1. The Morgan fingerprint density at radius 2 is 2.00 bits per heavy atom. The van der Waals surface area contributed by atoms with Crippen molar-refractivity contribution >= 4 is 11.3 Å². The van der Waals surface area contributed by atoms with Gasteiger partial charge in [-0.25, -0.2) is 4.39 Å². The maximum atomic E-state index is 12.5. The Morgan fingerprint density at radius 3 is 2.50 bits per heavy atom. The van der Waals surface area contributed by atoms with Crippen molar-refractivity contribution in [1.29, 1.82) is 0 Å². The Morgan fingerprint density at radius 1 is 1.33 bits per heavy atom. The molecule has 0 aliphatic carbocycles. The van der Waals surface area contributed by atoms with Gasteiger partial charge < -0.3 is 9.47 Å². The molecule has 1 aromatic heterocycles. The molecule has 0 saturated carbocycles. The van der Waals surface area contributed by atoms with Crippen molar-refractivity contribution in [2.45, 2.75) is 6.29 Å². The van der Waals surface area contributed by atoms with Crippen LogP contribution in [0, 0.1) is 10.9 Å². The van der Waals surface area contributed by atoms with Gasteiger partial charge in [-0.05, 0) is 6.07 Å². The highest BCUT2D eigenvalue weighted by molar-refractivity contribution is 7.10. The van der Waals surface area contributed by atoms with E-state index in [0.29, 0.717) is 18.1 Å². The maximum Gasteiger partial charge on any atom is 0.212 e. The van der Waals surface area contributed by atoms with Crippen LogP contribution in [-0.2, 0) is 9.47 Å². The summed E-state index contributed by atoms with van der Waals surface area (Å²) in [7, 11) is 0. The van der Waals surface area contributed by atoms with Crippen molar-refractivity contribution in [3.63, 3.8) is 0 Å². The first-order valence-corrected chi connectivity index (χ1v) is 4.27. The first kappa shape index (κ1) is 8.10. The fourth-order valence-electron chi connectivity index (χ4n) is 1.00. The molecule has 1 aromatic rings. The van der Waals surface area contributed by atoms with Gasteiger partial charge in [0.2, 0.25) is 5.13 Å². The first-order chi connectivity index (χ1) is 5.77. The van der Waals surface area contributed by atoms with Gasteiger partial charge in [-0.2, -0.15) is 4.39 Å². The van der Waals surface area contributed by atoms with E-state index in [1.54, 1.807) is 0 Å². The number of rotatable bonds is 1. The fraction of sp³-hybridized carbons (Fsp3) is 0.429. The van der Waals surface area contributed by atoms with E-state index in [4.69, 9.17) is 9.47 Å². The highest BCUT2D eigenvalue weighted by Crippen LogP contribution is 2.30. The predicted octanol–water partition coefficient (Wildman–Crippen LogP) is 2.07. The van der Waals surface area contributed by atoms with E-state index in [1.165, 1.54) is 0 Å². The molecule has 0 radical (unpaired) electrons. The molecule has 2 rings (SSSR count). The Balaban J connectivity index is 2.21. The second kappa shape index (κ2) is 3.08. The van der Waals surface area contributed by atoms with Gasteiger partial charge in [-0.3, -0.25) is 0 Å². The Bertz CT molecular complexity index is 261. The molecule has 0 aromatic carbocycles. The Hall–Kier alpha value is -0.520. The molecule has 0 amide bonds. The molecule has 2 heterocycles. The molecule has 0 atom stereocenters. The van der Waals surface area contributed by atoms with Crippen LogP contribution in [0.4, 0.5) is 8.78 Å². The summed E-state index contributed by atoms with van der Waals surface area (Å²) in [6.45, 7) is 0.956. The molecule has 0 unspecified atom stereocenters. The normalized spacial score (nSPS) is 18.8. The van der Waals surface area contributed by atoms with Crippen LogP contribution < -0.4 is 0 Å². The maximum absolute atomic E-state index is 12.5. The number of ether oxygens (including phenoxy) is 2. The molecule has 5 heteroatoms. The molecule has 1 aliphatic heterocycles. The number of thiophene rings is 1. The van der Waals surface area contributed by atoms with E-state index in [2.05, 4.69) is 0 Å². The second-order valence-corrected chi connectivity index (χ2v) is 3.38. The lowest BCUT2D eigenvalue weighted by molar-refractivity contribution is -0.0414. The van der Waals surface area contributed by atoms with Crippen molar-refractivity contribution < 1.29 is 18.3 Å². The number of hydrogen-bond donors (Lipinski definition) is 0. The molecule has 2 nitrogen and oxygen atoms in total. The van der Waals surface area contributed by atoms with Crippen molar-refractivity contribution in [2.75, 3.05) is 13.2 Å². The molecule has 0 N–H and O–H groups in total. The molecule has 1 aliphatic rings. The Labute approximate surface area is 71.7 Å². The molecular formula is C7H6F2O2S. The van der Waals surface area contributed by atoms with Gasteiger partial charge in [0.1, 0.15) is 0 Å². The minimum atomic E-state index is -0.839. The third kappa shape index (κ3) is 1.35. The van der Waals surface area contributed by atoms with Crippen molar-refractivity contribution in [3.05, 3.63) is 21.9 Å². The van der Waals surface area contributed by atoms with Gasteiger partial charge in [0.15, 0.2) is 12.1 Å². The molecule has 1 saturated heterocycles. The van der Waals surface area contributed by atoms with E-state index in [1.807, 2.05) is 0 Å². The summed E-state index contributed by atoms with van der Waals surface area (Å²) in [6.07, 6.45) is -0.575. The van der Waals surface area contributed by atoms with Gasteiger partial charge >= 0.3 is 0 Å². The third-order valence-electron chi connectivity index (χ3n) is 1.52. The minimum Gasteiger partial charge on any atom is -0.345 e. The topological polar surface area (TPSA) is 18.5 Å². The molecule has 0 spiro atoms. The summed E-state index contributed by atoms with van der Waals surface area (Å²) in [5.74, 6) is -0.839. The standard InChI is InChI=1S/C7H6F2O2S/c8-4-3-5(12-6(4)9)7-10-1-2-11-7/h3,7H,1-2H2. The highest BCUT2D eigenvalue weighted by Gasteiger charge is 2.22. The van der Waals surface area contributed by atoms with Crippen LogP contribution in [0.25, 0.3) is 0 Å². The van der Waals surface area contributed by atoms with Crippen LogP contribution in [-0.4, -0.2) is 13.2 Å². The quantitative estimate of drug-likeness (QED) is 0.678. The lowest BCUT2D eigenvalue weighted by atomic mass is 10.4. The van der Waals surface area contributed by atoms with Crippen LogP contribution in [0.3, 0.4) is 0 Å². The van der Waals surface area contributed by atoms with Crippen LogP contribution in [0.1, 0.15) is 11.2 Å². The second-order valence-electron chi connectivity index (χ2n) is 2.34. The van der Waals surface area contributed by atoms with Gasteiger partial charge in [0.05, 0.1) is 18.1 Å². The first-order valence-electron chi connectivity index (χ1n) is 3.45. The van der Waals surface area contributed by atoms with Gasteiger partial charge in [0, 0.05) is 0 Å². The third-order valence-corrected chi connectivity index (χ3v) is 2.44. The predicted molar refractivity (Wildman–Crippen MR) is 38.9 cm³/mol. The zero-order valence-electron chi connectivity index (χ0n) is 6.05. The van der Waals surface area contributed by atoms with E-state index < -0.39 is 17.2 Å². The van der Waals surface area contributed by atoms with Crippen molar-refractivity contribution in [3.8, 4) is 0 Å². The molecular weight excluding hydrogens is 186 g/mol. The summed E-state index contributed by atoms with van der Waals surface area (Å²) in [4.78, 5) is 0.447. The van der Waals surface area contributed by atoms with E-state index >= 15 is 0 Å². The summed E-state index contributed by atoms with van der Waals surface area (Å²) in [5.41, 5.74) is 0. The molecule has 1 fully saturated rings. The largest absolute Gasteiger partial charge is 0.345 e. The molecule has 66 valence electrons. The molecule has 12 heavy (non-hydrogen) atoms. The number of halogens is 2. The fourth-order valence-corrected chi connectivity index (χ4v) is 1.76. The average molecular weight is 192 g/mol. The summed E-state index contributed by atoms with van der Waals surface area (Å²) >= 11 is 0.720. The lowest BCUT2D eigenvalue weighted by Gasteiger charge is -2.03. The lowest BCUT2D eigenvalue weighted by Crippen LogP contribution is -1.93. The van der Waals surface area contributed by atoms with Crippen LogP contribution >= 0.6 is 11.3 Å². The zero-order valence-corrected chi connectivity index (χ0v) is 6.87. The van der Waals surface area contributed by atoms with Gasteiger partial charge in [0.25, 0.3) is 0 Å². The summed E-state index contributed by atoms with van der Waals surface area (Å²) < 4.78 is 35.2. The van der Waals surface area contributed by atoms with Crippen LogP contribution in [0.5, 0.6) is 0 Å². The van der Waals surface area contributed by atoms with E-state index in [-0.39, 0.29) is 0 Å². The van der Waals surface area contributed by atoms with Gasteiger partial charge in [-0.1, -0.05) is 0 Å². The number of hydrogen-bond acceptors (Lipinski definition) is 3. The van der Waals surface area contributed by atoms with Crippen LogP contribution in [0.2, 0.25) is 0 Å². The van der Waals surface area contributed by atoms with Gasteiger partial charge in [-0.15, -0.1) is 11.3 Å². The van der Waals surface area contributed by atoms with Crippen molar-refractivity contribution in [2.24, 2.45) is 0 Å². The van der Waals surface area contributed by atoms with Crippen molar-refractivity contribution in [1.82, 2.24) is 0 Å². The average Bonchev–Trinajstić information content (AvgIpc) is 2.61.